The van der Waals surface area contributed by atoms with Gasteiger partial charge in [-0.3, -0.25) is 24.5 Å². The molecule has 0 heterocycles. The summed E-state index contributed by atoms with van der Waals surface area (Å²) in [5.74, 6) is -1.80. The molecule has 174 valence electrons. The predicted molar refractivity (Wildman–Crippen MR) is 125 cm³/mol. The Morgan fingerprint density at radius 1 is 0.971 bits per heavy atom. The topological polar surface area (TPSA) is 128 Å². The van der Waals surface area contributed by atoms with Crippen LogP contribution in [0.5, 0.6) is 0 Å². The first-order valence-electron chi connectivity index (χ1n) is 10.1. The second-order valence-corrected chi connectivity index (χ2v) is 7.54. The van der Waals surface area contributed by atoms with Crippen LogP contribution in [0.3, 0.4) is 0 Å². The highest BCUT2D eigenvalue weighted by Gasteiger charge is 2.21. The zero-order valence-electron chi connectivity index (χ0n) is 17.8. The number of esters is 1. The maximum atomic E-state index is 12.6. The molecule has 2 amide bonds. The van der Waals surface area contributed by atoms with Crippen LogP contribution in [0.1, 0.15) is 28.4 Å². The van der Waals surface area contributed by atoms with Crippen LogP contribution in [-0.4, -0.2) is 29.3 Å². The fraction of sp³-hybridized carbons (Fsp3) is 0.125. The highest BCUT2D eigenvalue weighted by atomic mass is 35.5. The van der Waals surface area contributed by atoms with E-state index in [0.717, 1.165) is 6.07 Å². The lowest BCUT2D eigenvalue weighted by Gasteiger charge is -2.19. The number of anilines is 1. The molecule has 0 unspecified atom stereocenters. The van der Waals surface area contributed by atoms with Gasteiger partial charge in [0.2, 0.25) is 0 Å². The maximum Gasteiger partial charge on any atom is 0.308 e. The second-order valence-electron chi connectivity index (χ2n) is 7.14. The van der Waals surface area contributed by atoms with E-state index in [9.17, 15) is 24.5 Å². The van der Waals surface area contributed by atoms with Crippen molar-refractivity contribution in [2.45, 2.75) is 12.5 Å². The van der Waals surface area contributed by atoms with Gasteiger partial charge in [0, 0.05) is 17.7 Å². The fourth-order valence-electron chi connectivity index (χ4n) is 3.05. The standard InChI is InChI=1S/C24H20ClN3O6/c25-19-12-11-18(28(32)33)13-21(19)26-22(29)15-34-23(30)14-20(16-7-3-1-4-8-16)27-24(31)17-9-5-2-6-10-17/h1-13,20H,14-15H2,(H,26,29)(H,27,31)/t20-/m0/s1. The summed E-state index contributed by atoms with van der Waals surface area (Å²) in [5.41, 5.74) is 0.896. The number of nitrogens with zero attached hydrogens (tertiary/aromatic N) is 1. The molecule has 0 saturated heterocycles. The summed E-state index contributed by atoms with van der Waals surface area (Å²) < 4.78 is 5.05. The van der Waals surface area contributed by atoms with E-state index in [4.69, 9.17) is 16.3 Å². The van der Waals surface area contributed by atoms with Gasteiger partial charge in [-0.2, -0.15) is 0 Å². The van der Waals surface area contributed by atoms with E-state index in [-0.39, 0.29) is 28.7 Å². The highest BCUT2D eigenvalue weighted by molar-refractivity contribution is 6.33. The van der Waals surface area contributed by atoms with E-state index in [1.165, 1.54) is 12.1 Å². The maximum absolute atomic E-state index is 12.6. The number of non-ortho nitro benzene ring substituents is 1. The second kappa shape index (κ2) is 11.6. The lowest BCUT2D eigenvalue weighted by atomic mass is 10.0. The van der Waals surface area contributed by atoms with E-state index in [1.54, 1.807) is 60.7 Å². The Kier molecular flexibility index (Phi) is 8.31. The van der Waals surface area contributed by atoms with Crippen LogP contribution < -0.4 is 10.6 Å². The van der Waals surface area contributed by atoms with Gasteiger partial charge >= 0.3 is 5.97 Å². The van der Waals surface area contributed by atoms with Crippen LogP contribution in [0.15, 0.2) is 78.9 Å². The van der Waals surface area contributed by atoms with E-state index in [1.807, 2.05) is 0 Å². The van der Waals surface area contributed by atoms with Crippen molar-refractivity contribution in [3.63, 3.8) is 0 Å². The first-order valence-corrected chi connectivity index (χ1v) is 10.5. The number of rotatable bonds is 9. The smallest absolute Gasteiger partial charge is 0.308 e. The molecule has 0 spiro atoms. The van der Waals surface area contributed by atoms with E-state index < -0.39 is 29.4 Å². The number of hydrogen-bond acceptors (Lipinski definition) is 6. The van der Waals surface area contributed by atoms with Crippen molar-refractivity contribution in [3.8, 4) is 0 Å². The summed E-state index contributed by atoms with van der Waals surface area (Å²) in [6.45, 7) is -0.633. The van der Waals surface area contributed by atoms with Crippen LogP contribution in [0.25, 0.3) is 0 Å². The highest BCUT2D eigenvalue weighted by Crippen LogP contribution is 2.26. The van der Waals surface area contributed by atoms with Crippen molar-refractivity contribution in [2.24, 2.45) is 0 Å². The van der Waals surface area contributed by atoms with Crippen LogP contribution in [-0.2, 0) is 14.3 Å². The van der Waals surface area contributed by atoms with Crippen LogP contribution in [0.4, 0.5) is 11.4 Å². The molecule has 0 aliphatic heterocycles. The molecule has 9 nitrogen and oxygen atoms in total. The Labute approximate surface area is 199 Å². The van der Waals surface area contributed by atoms with Gasteiger partial charge < -0.3 is 15.4 Å². The van der Waals surface area contributed by atoms with Crippen molar-refractivity contribution in [1.29, 1.82) is 0 Å². The molecule has 0 aromatic heterocycles. The molecule has 3 rings (SSSR count). The third-order valence-electron chi connectivity index (χ3n) is 4.71. The third kappa shape index (κ3) is 6.88. The summed E-state index contributed by atoms with van der Waals surface area (Å²) in [6, 6.07) is 20.3. The Morgan fingerprint density at radius 3 is 2.26 bits per heavy atom. The molecule has 10 heteroatoms. The van der Waals surface area contributed by atoms with Crippen molar-refractivity contribution in [3.05, 3.63) is 105 Å². The molecule has 0 bridgehead atoms. The third-order valence-corrected chi connectivity index (χ3v) is 5.04. The molecule has 3 aromatic carbocycles. The lowest BCUT2D eigenvalue weighted by molar-refractivity contribution is -0.384. The van der Waals surface area contributed by atoms with E-state index in [0.29, 0.717) is 11.1 Å². The van der Waals surface area contributed by atoms with Gasteiger partial charge in [0.25, 0.3) is 17.5 Å². The van der Waals surface area contributed by atoms with Gasteiger partial charge in [0.05, 0.1) is 28.1 Å². The largest absolute Gasteiger partial charge is 0.455 e. The van der Waals surface area contributed by atoms with Crippen LogP contribution in [0.2, 0.25) is 5.02 Å². The number of amides is 2. The van der Waals surface area contributed by atoms with Crippen molar-refractivity contribution >= 4 is 40.8 Å². The number of carbonyl (C=O) groups is 3. The average molecular weight is 482 g/mol. The molecule has 34 heavy (non-hydrogen) atoms. The molecule has 0 aliphatic carbocycles. The van der Waals surface area contributed by atoms with Crippen molar-refractivity contribution in [2.75, 3.05) is 11.9 Å². The van der Waals surface area contributed by atoms with E-state index >= 15 is 0 Å². The van der Waals surface area contributed by atoms with Gasteiger partial charge in [0.15, 0.2) is 6.61 Å². The number of halogens is 1. The predicted octanol–water partition coefficient (Wildman–Crippen LogP) is 4.29. The number of benzene rings is 3. The molecular weight excluding hydrogens is 462 g/mol. The van der Waals surface area contributed by atoms with Gasteiger partial charge in [0.1, 0.15) is 0 Å². The summed E-state index contributed by atoms with van der Waals surface area (Å²) in [7, 11) is 0. The Balaban J connectivity index is 1.61. The minimum absolute atomic E-state index is 0.0224. The Bertz CT molecular complexity index is 1190. The average Bonchev–Trinajstić information content (AvgIpc) is 2.84. The van der Waals surface area contributed by atoms with E-state index in [2.05, 4.69) is 10.6 Å². The number of nitrogens with one attached hydrogen (secondary N) is 2. The normalized spacial score (nSPS) is 11.2. The molecule has 3 aromatic rings. The lowest BCUT2D eigenvalue weighted by Crippen LogP contribution is -2.31. The fourth-order valence-corrected chi connectivity index (χ4v) is 3.21. The Hall–Kier alpha value is -4.24. The number of hydrogen-bond donors (Lipinski definition) is 2. The number of ether oxygens (including phenoxy) is 1. The quantitative estimate of drug-likeness (QED) is 0.266. The van der Waals surface area contributed by atoms with Gasteiger partial charge in [-0.25, -0.2) is 0 Å². The molecule has 0 saturated carbocycles. The molecule has 0 aliphatic rings. The minimum atomic E-state index is -0.722. The summed E-state index contributed by atoms with van der Waals surface area (Å²) >= 11 is 5.96. The van der Waals surface area contributed by atoms with Crippen molar-refractivity contribution in [1.82, 2.24) is 5.32 Å². The first-order chi connectivity index (χ1) is 16.3. The van der Waals surface area contributed by atoms with Crippen LogP contribution in [0, 0.1) is 10.1 Å². The molecule has 0 radical (unpaired) electrons. The summed E-state index contributed by atoms with van der Waals surface area (Å²) in [6.07, 6.45) is -0.215. The van der Waals surface area contributed by atoms with Gasteiger partial charge in [-0.05, 0) is 23.8 Å². The number of carbonyl (C=O) groups excluding carboxylic acids is 3. The summed E-state index contributed by atoms with van der Waals surface area (Å²) in [5, 5.41) is 16.2. The zero-order valence-corrected chi connectivity index (χ0v) is 18.5. The molecular formula is C24H20ClN3O6. The molecule has 2 N–H and O–H groups in total. The van der Waals surface area contributed by atoms with Crippen LogP contribution >= 0.6 is 11.6 Å². The molecule has 0 fully saturated rings. The number of nitro groups is 1. The zero-order chi connectivity index (χ0) is 24.5. The monoisotopic (exact) mass is 481 g/mol. The minimum Gasteiger partial charge on any atom is -0.455 e. The van der Waals surface area contributed by atoms with Gasteiger partial charge in [-0.15, -0.1) is 0 Å². The van der Waals surface area contributed by atoms with Gasteiger partial charge in [-0.1, -0.05) is 60.1 Å². The first kappa shape index (κ1) is 24.4. The SMILES string of the molecule is O=C(COC(=O)C[C@H](NC(=O)c1ccccc1)c1ccccc1)Nc1cc([N+](=O)[O-])ccc1Cl. The Morgan fingerprint density at radius 2 is 1.62 bits per heavy atom. The molecule has 1 atom stereocenters. The summed E-state index contributed by atoms with van der Waals surface area (Å²) in [4.78, 5) is 47.5. The van der Waals surface area contributed by atoms with Crippen molar-refractivity contribution < 1.29 is 24.0 Å². The number of nitro benzene ring substituents is 1.